The third-order valence-corrected chi connectivity index (χ3v) is 4.00. The van der Waals surface area contributed by atoms with Crippen LogP contribution >= 0.6 is 11.6 Å². The number of H-pyrrole nitrogens is 1. The monoisotopic (exact) mass is 315 g/mol. The molecule has 0 aliphatic carbocycles. The van der Waals surface area contributed by atoms with Crippen LogP contribution in [0.4, 0.5) is 0 Å². The van der Waals surface area contributed by atoms with Gasteiger partial charge in [0.2, 0.25) is 5.88 Å². The van der Waals surface area contributed by atoms with Crippen LogP contribution in [-0.4, -0.2) is 22.1 Å². The summed E-state index contributed by atoms with van der Waals surface area (Å²) in [6, 6.07) is 6.08. The quantitative estimate of drug-likeness (QED) is 0.761. The first-order valence-corrected chi connectivity index (χ1v) is 7.58. The van der Waals surface area contributed by atoms with Crippen LogP contribution in [0.3, 0.4) is 0 Å². The lowest BCUT2D eigenvalue weighted by molar-refractivity contribution is 0.397. The fourth-order valence-electron chi connectivity index (χ4n) is 2.50. The Morgan fingerprint density at radius 3 is 2.68 bits per heavy atom. The average molecular weight is 316 g/mol. The Bertz CT molecular complexity index is 839. The third kappa shape index (κ3) is 2.44. The van der Waals surface area contributed by atoms with E-state index >= 15 is 0 Å². The standard InChI is InChI=1S/C17H18ClN3O/c1-9(2)13-6-5-11(17(20-13)22-4)15-10(3)7-14-16(21-15)12(18)8-19-14/h5-9,19H,1-4H3. The lowest BCUT2D eigenvalue weighted by Crippen LogP contribution is -2.00. The van der Waals surface area contributed by atoms with E-state index in [1.165, 1.54) is 0 Å². The highest BCUT2D eigenvalue weighted by Gasteiger charge is 2.16. The largest absolute Gasteiger partial charge is 0.480 e. The van der Waals surface area contributed by atoms with Crippen LogP contribution in [0.1, 0.15) is 31.0 Å². The molecule has 0 amide bonds. The number of rotatable bonds is 3. The molecule has 3 aromatic heterocycles. The molecule has 0 aromatic carbocycles. The predicted octanol–water partition coefficient (Wildman–Crippen LogP) is 4.72. The van der Waals surface area contributed by atoms with Gasteiger partial charge in [0.1, 0.15) is 5.52 Å². The highest BCUT2D eigenvalue weighted by molar-refractivity contribution is 6.35. The Kier molecular flexibility index (Phi) is 3.79. The van der Waals surface area contributed by atoms with Gasteiger partial charge in [-0.15, -0.1) is 0 Å². The highest BCUT2D eigenvalue weighted by Crippen LogP contribution is 2.33. The molecule has 4 nitrogen and oxygen atoms in total. The van der Waals surface area contributed by atoms with Gasteiger partial charge >= 0.3 is 0 Å². The molecule has 0 atom stereocenters. The van der Waals surface area contributed by atoms with Gasteiger partial charge in [0.25, 0.3) is 0 Å². The molecule has 3 heterocycles. The molecular formula is C17H18ClN3O. The maximum Gasteiger partial charge on any atom is 0.222 e. The van der Waals surface area contributed by atoms with E-state index in [1.54, 1.807) is 13.3 Å². The molecule has 0 saturated carbocycles. The Morgan fingerprint density at radius 1 is 1.23 bits per heavy atom. The Morgan fingerprint density at radius 2 is 2.00 bits per heavy atom. The number of pyridine rings is 2. The SMILES string of the molecule is COc1nc(C(C)C)ccc1-c1nc2c(Cl)c[nH]c2cc1C. The summed E-state index contributed by atoms with van der Waals surface area (Å²) in [7, 11) is 1.63. The van der Waals surface area contributed by atoms with Gasteiger partial charge in [0.05, 0.1) is 28.9 Å². The Balaban J connectivity index is 2.22. The molecule has 0 fully saturated rings. The third-order valence-electron chi connectivity index (χ3n) is 3.72. The smallest absolute Gasteiger partial charge is 0.222 e. The number of aryl methyl sites for hydroxylation is 1. The van der Waals surface area contributed by atoms with E-state index in [0.717, 1.165) is 33.5 Å². The molecule has 3 rings (SSSR count). The summed E-state index contributed by atoms with van der Waals surface area (Å²) in [5.41, 5.74) is 5.45. The van der Waals surface area contributed by atoms with E-state index in [0.29, 0.717) is 16.8 Å². The maximum atomic E-state index is 6.18. The van der Waals surface area contributed by atoms with Gasteiger partial charge in [-0.05, 0) is 36.6 Å². The zero-order chi connectivity index (χ0) is 15.9. The van der Waals surface area contributed by atoms with Crippen molar-refractivity contribution < 1.29 is 4.74 Å². The normalized spacial score (nSPS) is 11.4. The van der Waals surface area contributed by atoms with Crippen molar-refractivity contribution in [2.45, 2.75) is 26.7 Å². The molecular weight excluding hydrogens is 298 g/mol. The average Bonchev–Trinajstić information content (AvgIpc) is 2.86. The first kappa shape index (κ1) is 14.9. The number of ether oxygens (including phenoxy) is 1. The molecule has 0 radical (unpaired) electrons. The van der Waals surface area contributed by atoms with Crippen molar-refractivity contribution in [2.24, 2.45) is 0 Å². The van der Waals surface area contributed by atoms with E-state index in [2.05, 4.69) is 23.8 Å². The van der Waals surface area contributed by atoms with Crippen LogP contribution < -0.4 is 4.74 Å². The van der Waals surface area contributed by atoms with E-state index in [9.17, 15) is 0 Å². The lowest BCUT2D eigenvalue weighted by atomic mass is 10.0. The molecule has 0 saturated heterocycles. The van der Waals surface area contributed by atoms with Crippen LogP contribution in [0, 0.1) is 6.92 Å². The number of hydrogen-bond acceptors (Lipinski definition) is 3. The summed E-state index contributed by atoms with van der Waals surface area (Å²) in [5, 5.41) is 0.613. The minimum atomic E-state index is 0.346. The highest BCUT2D eigenvalue weighted by atomic mass is 35.5. The maximum absolute atomic E-state index is 6.18. The second-order valence-corrected chi connectivity index (χ2v) is 6.04. The number of halogens is 1. The topological polar surface area (TPSA) is 50.8 Å². The fraction of sp³-hybridized carbons (Fsp3) is 0.294. The number of nitrogens with one attached hydrogen (secondary N) is 1. The molecule has 0 aliphatic heterocycles. The number of methoxy groups -OCH3 is 1. The molecule has 0 bridgehead atoms. The van der Waals surface area contributed by atoms with E-state index in [1.807, 2.05) is 25.1 Å². The lowest BCUT2D eigenvalue weighted by Gasteiger charge is -2.12. The van der Waals surface area contributed by atoms with Crippen molar-refractivity contribution in [3.8, 4) is 17.1 Å². The van der Waals surface area contributed by atoms with Crippen LogP contribution in [-0.2, 0) is 0 Å². The number of aromatic nitrogens is 3. The fourth-order valence-corrected chi connectivity index (χ4v) is 2.70. The number of fused-ring (bicyclic) bond motifs is 1. The molecule has 0 spiro atoms. The van der Waals surface area contributed by atoms with E-state index < -0.39 is 0 Å². The van der Waals surface area contributed by atoms with Crippen molar-refractivity contribution in [3.05, 3.63) is 40.7 Å². The molecule has 114 valence electrons. The van der Waals surface area contributed by atoms with Crippen molar-refractivity contribution >= 4 is 22.6 Å². The molecule has 0 unspecified atom stereocenters. The number of aromatic amines is 1. The Labute approximate surface area is 134 Å². The summed E-state index contributed by atoms with van der Waals surface area (Å²) >= 11 is 6.18. The second kappa shape index (κ2) is 5.61. The zero-order valence-electron chi connectivity index (χ0n) is 13.1. The van der Waals surface area contributed by atoms with Crippen LogP contribution in [0.5, 0.6) is 5.88 Å². The van der Waals surface area contributed by atoms with Crippen LogP contribution in [0.25, 0.3) is 22.3 Å². The van der Waals surface area contributed by atoms with Gasteiger partial charge in [-0.25, -0.2) is 9.97 Å². The summed E-state index contributed by atoms with van der Waals surface area (Å²) in [4.78, 5) is 12.4. The molecule has 5 heteroatoms. The van der Waals surface area contributed by atoms with Gasteiger partial charge in [0, 0.05) is 11.9 Å². The summed E-state index contributed by atoms with van der Waals surface area (Å²) in [5.74, 6) is 0.936. The molecule has 1 N–H and O–H groups in total. The molecule has 0 aliphatic rings. The zero-order valence-corrected chi connectivity index (χ0v) is 13.8. The molecule has 3 aromatic rings. The van der Waals surface area contributed by atoms with Crippen molar-refractivity contribution in [1.82, 2.24) is 15.0 Å². The van der Waals surface area contributed by atoms with Crippen molar-refractivity contribution in [1.29, 1.82) is 0 Å². The van der Waals surface area contributed by atoms with Crippen LogP contribution in [0.15, 0.2) is 24.4 Å². The summed E-state index contributed by atoms with van der Waals surface area (Å²) < 4.78 is 5.48. The number of hydrogen-bond donors (Lipinski definition) is 1. The second-order valence-electron chi connectivity index (χ2n) is 5.63. The Hall–Kier alpha value is -2.07. The van der Waals surface area contributed by atoms with E-state index in [4.69, 9.17) is 21.3 Å². The number of nitrogens with zero attached hydrogens (tertiary/aromatic N) is 2. The van der Waals surface area contributed by atoms with Crippen molar-refractivity contribution in [2.75, 3.05) is 7.11 Å². The summed E-state index contributed by atoms with van der Waals surface area (Å²) in [6.07, 6.45) is 1.75. The van der Waals surface area contributed by atoms with Gasteiger partial charge in [0.15, 0.2) is 0 Å². The predicted molar refractivity (Wildman–Crippen MR) is 89.7 cm³/mol. The van der Waals surface area contributed by atoms with Gasteiger partial charge < -0.3 is 9.72 Å². The van der Waals surface area contributed by atoms with Gasteiger partial charge in [-0.1, -0.05) is 25.4 Å². The minimum absolute atomic E-state index is 0.346. The summed E-state index contributed by atoms with van der Waals surface area (Å²) in [6.45, 7) is 6.24. The van der Waals surface area contributed by atoms with Gasteiger partial charge in [-0.2, -0.15) is 0 Å². The first-order valence-electron chi connectivity index (χ1n) is 7.20. The molecule has 22 heavy (non-hydrogen) atoms. The van der Waals surface area contributed by atoms with Crippen LogP contribution in [0.2, 0.25) is 5.02 Å². The van der Waals surface area contributed by atoms with E-state index in [-0.39, 0.29) is 0 Å². The minimum Gasteiger partial charge on any atom is -0.480 e. The van der Waals surface area contributed by atoms with Gasteiger partial charge in [-0.3, -0.25) is 0 Å². The first-order chi connectivity index (χ1) is 10.5. The van der Waals surface area contributed by atoms with Crippen molar-refractivity contribution in [3.63, 3.8) is 0 Å².